The SMILES string of the molecule is CCCCCCCC/C=C/CC/C=C/C(O)C(CO)NC(=O)CC(O)CCCCCCCCCCCCCCC/C=C\C/C=C\CCCCCCCCCCC. The molecule has 0 aliphatic rings. The zero-order valence-corrected chi connectivity index (χ0v) is 37.3. The van der Waals surface area contributed by atoms with E-state index in [1.807, 2.05) is 6.08 Å². The van der Waals surface area contributed by atoms with Crippen molar-refractivity contribution < 1.29 is 20.1 Å². The van der Waals surface area contributed by atoms with E-state index >= 15 is 0 Å². The van der Waals surface area contributed by atoms with Gasteiger partial charge < -0.3 is 20.6 Å². The van der Waals surface area contributed by atoms with E-state index in [-0.39, 0.29) is 18.9 Å². The Labute approximate surface area is 348 Å². The standard InChI is InChI=1S/C51H95NO4/c1-3-5-7-9-11-13-15-17-18-19-20-21-22-23-24-25-26-27-28-29-30-31-32-33-34-36-38-40-42-44-48(54)46-51(56)52-49(47-53)50(55)45-43-41-39-37-35-16-14-12-10-8-6-4-2/h20-21,23-24,35,37,43,45,48-50,53-55H,3-19,22,25-34,36,38-42,44,46-47H2,1-2H3,(H,52,56)/b21-20-,24-23-,37-35+,45-43+. The maximum atomic E-state index is 12.4. The Morgan fingerprint density at radius 1 is 0.464 bits per heavy atom. The van der Waals surface area contributed by atoms with E-state index in [4.69, 9.17) is 0 Å². The van der Waals surface area contributed by atoms with Crippen molar-refractivity contribution in [1.82, 2.24) is 5.32 Å². The van der Waals surface area contributed by atoms with Crippen LogP contribution in [0, 0.1) is 0 Å². The largest absolute Gasteiger partial charge is 0.394 e. The molecule has 3 atom stereocenters. The highest BCUT2D eigenvalue weighted by Gasteiger charge is 2.20. The summed E-state index contributed by atoms with van der Waals surface area (Å²) in [6.45, 7) is 4.18. The van der Waals surface area contributed by atoms with Crippen molar-refractivity contribution in [2.24, 2.45) is 0 Å². The summed E-state index contributed by atoms with van der Waals surface area (Å²) in [5, 5.41) is 33.2. The van der Waals surface area contributed by atoms with E-state index in [1.54, 1.807) is 6.08 Å². The predicted octanol–water partition coefficient (Wildman–Crippen LogP) is 14.5. The number of unbranched alkanes of at least 4 members (excludes halogenated alkanes) is 29. The van der Waals surface area contributed by atoms with Crippen LogP contribution in [0.1, 0.15) is 245 Å². The molecule has 4 N–H and O–H groups in total. The predicted molar refractivity (Wildman–Crippen MR) is 245 cm³/mol. The van der Waals surface area contributed by atoms with Crippen molar-refractivity contribution in [3.63, 3.8) is 0 Å². The Hall–Kier alpha value is -1.69. The van der Waals surface area contributed by atoms with Crippen molar-refractivity contribution in [3.8, 4) is 0 Å². The van der Waals surface area contributed by atoms with Crippen LogP contribution in [0.5, 0.6) is 0 Å². The minimum Gasteiger partial charge on any atom is -0.394 e. The number of rotatable bonds is 44. The van der Waals surface area contributed by atoms with Crippen LogP contribution in [-0.2, 0) is 4.79 Å². The van der Waals surface area contributed by atoms with Crippen molar-refractivity contribution in [2.75, 3.05) is 6.61 Å². The topological polar surface area (TPSA) is 89.8 Å². The third kappa shape index (κ3) is 41.9. The van der Waals surface area contributed by atoms with E-state index in [9.17, 15) is 20.1 Å². The van der Waals surface area contributed by atoms with Gasteiger partial charge in [-0.2, -0.15) is 0 Å². The van der Waals surface area contributed by atoms with Gasteiger partial charge in [0.15, 0.2) is 0 Å². The summed E-state index contributed by atoms with van der Waals surface area (Å²) < 4.78 is 0. The van der Waals surface area contributed by atoms with Crippen LogP contribution < -0.4 is 5.32 Å². The van der Waals surface area contributed by atoms with Crippen LogP contribution >= 0.6 is 0 Å². The molecule has 0 aromatic heterocycles. The number of aliphatic hydroxyl groups excluding tert-OH is 3. The van der Waals surface area contributed by atoms with E-state index in [2.05, 4.69) is 55.6 Å². The maximum Gasteiger partial charge on any atom is 0.222 e. The van der Waals surface area contributed by atoms with Gasteiger partial charge in [0.25, 0.3) is 0 Å². The summed E-state index contributed by atoms with van der Waals surface area (Å²) in [7, 11) is 0. The maximum absolute atomic E-state index is 12.4. The molecule has 0 aromatic carbocycles. The van der Waals surface area contributed by atoms with Gasteiger partial charge in [0.1, 0.15) is 0 Å². The van der Waals surface area contributed by atoms with Gasteiger partial charge in [0, 0.05) is 0 Å². The molecule has 0 fully saturated rings. The second-order valence-electron chi connectivity index (χ2n) is 16.7. The summed E-state index contributed by atoms with van der Waals surface area (Å²) in [6.07, 6.45) is 59.9. The van der Waals surface area contributed by atoms with E-state index in [0.29, 0.717) is 6.42 Å². The molecule has 5 heteroatoms. The third-order valence-corrected chi connectivity index (χ3v) is 11.1. The number of carbonyl (C=O) groups excluding carboxylic acids is 1. The lowest BCUT2D eigenvalue weighted by atomic mass is 10.0. The van der Waals surface area contributed by atoms with Gasteiger partial charge in [-0.15, -0.1) is 0 Å². The first-order valence-corrected chi connectivity index (χ1v) is 24.4. The lowest BCUT2D eigenvalue weighted by Crippen LogP contribution is -2.45. The van der Waals surface area contributed by atoms with Crippen molar-refractivity contribution in [1.29, 1.82) is 0 Å². The Balaban J connectivity index is 3.58. The zero-order valence-electron chi connectivity index (χ0n) is 37.3. The fraction of sp³-hybridized carbons (Fsp3) is 0.824. The average molecular weight is 786 g/mol. The van der Waals surface area contributed by atoms with Gasteiger partial charge in [0.2, 0.25) is 5.91 Å². The van der Waals surface area contributed by atoms with Crippen molar-refractivity contribution >= 4 is 5.91 Å². The molecule has 0 bridgehead atoms. The number of nitrogens with one attached hydrogen (secondary N) is 1. The second-order valence-corrected chi connectivity index (χ2v) is 16.7. The van der Waals surface area contributed by atoms with Gasteiger partial charge in [-0.05, 0) is 64.2 Å². The smallest absolute Gasteiger partial charge is 0.222 e. The Kier molecular flexibility index (Phi) is 44.6. The van der Waals surface area contributed by atoms with Crippen LogP contribution in [0.2, 0.25) is 0 Å². The molecule has 56 heavy (non-hydrogen) atoms. The number of hydrogen-bond acceptors (Lipinski definition) is 4. The third-order valence-electron chi connectivity index (χ3n) is 11.1. The van der Waals surface area contributed by atoms with Crippen LogP contribution in [0.3, 0.4) is 0 Å². The molecular weight excluding hydrogens is 691 g/mol. The fourth-order valence-corrected chi connectivity index (χ4v) is 7.33. The molecule has 0 radical (unpaired) electrons. The van der Waals surface area contributed by atoms with Crippen LogP contribution in [0.15, 0.2) is 48.6 Å². The average Bonchev–Trinajstić information content (AvgIpc) is 3.19. The molecule has 0 aliphatic carbocycles. The number of carbonyl (C=O) groups is 1. The number of allylic oxidation sites excluding steroid dienone is 7. The number of amides is 1. The number of hydrogen-bond donors (Lipinski definition) is 4. The van der Waals surface area contributed by atoms with Gasteiger partial charge >= 0.3 is 0 Å². The van der Waals surface area contributed by atoms with E-state index in [0.717, 1.165) is 38.5 Å². The lowest BCUT2D eigenvalue weighted by Gasteiger charge is -2.21. The summed E-state index contributed by atoms with van der Waals surface area (Å²) in [5.41, 5.74) is 0. The first-order valence-electron chi connectivity index (χ1n) is 24.4. The van der Waals surface area contributed by atoms with E-state index < -0.39 is 18.2 Å². The highest BCUT2D eigenvalue weighted by molar-refractivity contribution is 5.76. The summed E-state index contributed by atoms with van der Waals surface area (Å²) >= 11 is 0. The molecule has 0 spiro atoms. The molecule has 0 rings (SSSR count). The van der Waals surface area contributed by atoms with Crippen LogP contribution in [0.4, 0.5) is 0 Å². The fourth-order valence-electron chi connectivity index (χ4n) is 7.33. The van der Waals surface area contributed by atoms with Crippen LogP contribution in [-0.4, -0.2) is 46.1 Å². The molecule has 1 amide bonds. The van der Waals surface area contributed by atoms with Gasteiger partial charge in [0.05, 0.1) is 31.3 Å². The minimum absolute atomic E-state index is 0.00470. The molecular formula is C51H95NO4. The van der Waals surface area contributed by atoms with E-state index in [1.165, 1.54) is 180 Å². The molecule has 0 aromatic rings. The van der Waals surface area contributed by atoms with Gasteiger partial charge in [-0.1, -0.05) is 223 Å². The summed E-state index contributed by atoms with van der Waals surface area (Å²) in [5.74, 6) is -0.327. The summed E-state index contributed by atoms with van der Waals surface area (Å²) in [6, 6.07) is -0.761. The molecule has 0 aliphatic heterocycles. The second kappa shape index (κ2) is 46.0. The number of aliphatic hydroxyl groups is 3. The quantitative estimate of drug-likeness (QED) is 0.0366. The first-order chi connectivity index (χ1) is 27.5. The van der Waals surface area contributed by atoms with Gasteiger partial charge in [-0.25, -0.2) is 0 Å². The Bertz CT molecular complexity index is 912. The molecule has 5 nitrogen and oxygen atoms in total. The Morgan fingerprint density at radius 3 is 1.25 bits per heavy atom. The molecule has 0 saturated carbocycles. The molecule has 328 valence electrons. The Morgan fingerprint density at radius 2 is 0.821 bits per heavy atom. The first kappa shape index (κ1) is 54.3. The highest BCUT2D eigenvalue weighted by Crippen LogP contribution is 2.15. The normalized spacial score (nSPS) is 13.9. The molecule has 0 saturated heterocycles. The lowest BCUT2D eigenvalue weighted by molar-refractivity contribution is -0.124. The van der Waals surface area contributed by atoms with Gasteiger partial charge in [-0.3, -0.25) is 4.79 Å². The molecule has 3 unspecified atom stereocenters. The monoisotopic (exact) mass is 786 g/mol. The molecule has 0 heterocycles. The van der Waals surface area contributed by atoms with Crippen molar-refractivity contribution in [2.45, 2.75) is 263 Å². The summed E-state index contributed by atoms with van der Waals surface area (Å²) in [4.78, 5) is 12.4. The minimum atomic E-state index is -0.951. The van der Waals surface area contributed by atoms with Crippen LogP contribution in [0.25, 0.3) is 0 Å². The zero-order chi connectivity index (χ0) is 40.8. The van der Waals surface area contributed by atoms with Crippen molar-refractivity contribution in [3.05, 3.63) is 48.6 Å². The highest BCUT2D eigenvalue weighted by atomic mass is 16.3.